The minimum atomic E-state index is -3.78. The highest BCUT2D eigenvalue weighted by atomic mass is 32.2. The summed E-state index contributed by atoms with van der Waals surface area (Å²) in [4.78, 5) is 15.3. The number of carbonyl (C=O) groups is 1. The number of ether oxygens (including phenoxy) is 1. The Morgan fingerprint density at radius 2 is 1.90 bits per heavy atom. The first-order valence-electron chi connectivity index (χ1n) is 6.10. The molecule has 0 aromatic carbocycles. The van der Waals surface area contributed by atoms with E-state index in [0.29, 0.717) is 0 Å². The standard InChI is InChI=1S/C12H18N2O4S2/c1-11(2)10(12(11,3)4)14-20(16,17)9-7(8(15)18-5)13-6-19-9/h6,10,14H,1-5H3. The number of esters is 1. The second-order valence-electron chi connectivity index (χ2n) is 5.98. The molecule has 0 unspecified atom stereocenters. The minimum absolute atomic E-state index is 0.0946. The highest BCUT2D eigenvalue weighted by Crippen LogP contribution is 2.63. The molecule has 8 heteroatoms. The average molecular weight is 318 g/mol. The van der Waals surface area contributed by atoms with Gasteiger partial charge in [-0.25, -0.2) is 22.9 Å². The molecular weight excluding hydrogens is 300 g/mol. The highest BCUT2D eigenvalue weighted by Gasteiger charge is 2.66. The van der Waals surface area contributed by atoms with Gasteiger partial charge in [-0.05, 0) is 10.8 Å². The number of sulfonamides is 1. The van der Waals surface area contributed by atoms with Crippen LogP contribution in [0.4, 0.5) is 0 Å². The van der Waals surface area contributed by atoms with Crippen LogP contribution in [0.15, 0.2) is 9.72 Å². The van der Waals surface area contributed by atoms with Crippen LogP contribution in [-0.4, -0.2) is 32.5 Å². The molecule has 1 aromatic heterocycles. The van der Waals surface area contributed by atoms with Crippen molar-refractivity contribution in [3.8, 4) is 0 Å². The smallest absolute Gasteiger partial charge is 0.358 e. The van der Waals surface area contributed by atoms with Gasteiger partial charge in [0, 0.05) is 6.04 Å². The second kappa shape index (κ2) is 4.51. The molecule has 1 aromatic rings. The van der Waals surface area contributed by atoms with Crippen LogP contribution in [0.1, 0.15) is 38.2 Å². The van der Waals surface area contributed by atoms with E-state index in [0.717, 1.165) is 11.3 Å². The van der Waals surface area contributed by atoms with E-state index in [-0.39, 0.29) is 26.8 Å². The Hall–Kier alpha value is -0.990. The number of carbonyl (C=O) groups excluding carboxylic acids is 1. The lowest BCUT2D eigenvalue weighted by Crippen LogP contribution is -2.30. The van der Waals surface area contributed by atoms with Crippen molar-refractivity contribution in [3.05, 3.63) is 11.2 Å². The number of aromatic nitrogens is 1. The molecule has 1 aliphatic carbocycles. The van der Waals surface area contributed by atoms with E-state index >= 15 is 0 Å². The van der Waals surface area contributed by atoms with Crippen LogP contribution in [0.25, 0.3) is 0 Å². The molecule has 1 heterocycles. The third kappa shape index (κ3) is 2.15. The van der Waals surface area contributed by atoms with Gasteiger partial charge in [-0.2, -0.15) is 0 Å². The lowest BCUT2D eigenvalue weighted by Gasteiger charge is -2.07. The monoisotopic (exact) mass is 318 g/mol. The molecule has 1 aliphatic rings. The third-order valence-corrected chi connectivity index (χ3v) is 7.24. The molecule has 2 rings (SSSR count). The fraction of sp³-hybridized carbons (Fsp3) is 0.667. The van der Waals surface area contributed by atoms with Crippen molar-refractivity contribution < 1.29 is 17.9 Å². The largest absolute Gasteiger partial charge is 0.464 e. The molecule has 0 bridgehead atoms. The fourth-order valence-electron chi connectivity index (χ4n) is 2.36. The van der Waals surface area contributed by atoms with Gasteiger partial charge in [0.2, 0.25) is 0 Å². The summed E-state index contributed by atoms with van der Waals surface area (Å²) >= 11 is 0.908. The van der Waals surface area contributed by atoms with Gasteiger partial charge < -0.3 is 4.74 Å². The molecule has 1 N–H and O–H groups in total. The average Bonchev–Trinajstić information content (AvgIpc) is 2.80. The SMILES string of the molecule is COC(=O)c1ncsc1S(=O)(=O)NC1C(C)(C)C1(C)C. The highest BCUT2D eigenvalue weighted by molar-refractivity contribution is 7.91. The van der Waals surface area contributed by atoms with E-state index in [4.69, 9.17) is 0 Å². The van der Waals surface area contributed by atoms with E-state index in [1.807, 2.05) is 27.7 Å². The molecule has 0 amide bonds. The topological polar surface area (TPSA) is 85.4 Å². The molecule has 0 aliphatic heterocycles. The number of nitrogens with zero attached hydrogens (tertiary/aromatic N) is 1. The zero-order chi connectivity index (χ0) is 15.3. The summed E-state index contributed by atoms with van der Waals surface area (Å²) in [6, 6.07) is -0.174. The predicted molar refractivity (Wildman–Crippen MR) is 75.1 cm³/mol. The predicted octanol–water partition coefficient (Wildman–Crippen LogP) is 1.64. The van der Waals surface area contributed by atoms with E-state index < -0.39 is 16.0 Å². The van der Waals surface area contributed by atoms with Gasteiger partial charge in [-0.15, -0.1) is 11.3 Å². The molecule has 0 radical (unpaired) electrons. The molecule has 20 heavy (non-hydrogen) atoms. The van der Waals surface area contributed by atoms with Gasteiger partial charge in [-0.3, -0.25) is 0 Å². The maximum absolute atomic E-state index is 12.4. The molecule has 112 valence electrons. The van der Waals surface area contributed by atoms with Crippen LogP contribution in [0, 0.1) is 10.8 Å². The van der Waals surface area contributed by atoms with Gasteiger partial charge in [-0.1, -0.05) is 27.7 Å². The van der Waals surface area contributed by atoms with Gasteiger partial charge in [0.15, 0.2) is 9.90 Å². The fourth-order valence-corrected chi connectivity index (χ4v) is 5.04. The van der Waals surface area contributed by atoms with Crippen molar-refractivity contribution in [2.75, 3.05) is 7.11 Å². The number of hydrogen-bond donors (Lipinski definition) is 1. The Balaban J connectivity index is 2.30. The number of rotatable bonds is 4. The molecule has 1 fully saturated rings. The summed E-state index contributed by atoms with van der Waals surface area (Å²) in [5.74, 6) is -0.749. The summed E-state index contributed by atoms with van der Waals surface area (Å²) in [5, 5.41) is 0. The Kier molecular flexibility index (Phi) is 3.47. The Morgan fingerprint density at radius 3 is 2.35 bits per heavy atom. The molecular formula is C12H18N2O4S2. The van der Waals surface area contributed by atoms with Crippen LogP contribution in [-0.2, 0) is 14.8 Å². The quantitative estimate of drug-likeness (QED) is 0.853. The first kappa shape index (κ1) is 15.4. The van der Waals surface area contributed by atoms with E-state index in [1.54, 1.807) is 0 Å². The van der Waals surface area contributed by atoms with E-state index in [9.17, 15) is 13.2 Å². The zero-order valence-electron chi connectivity index (χ0n) is 12.1. The maximum atomic E-state index is 12.4. The van der Waals surface area contributed by atoms with Crippen LogP contribution in [0.3, 0.4) is 0 Å². The molecule has 1 saturated carbocycles. The van der Waals surface area contributed by atoms with E-state index in [1.165, 1.54) is 12.6 Å². The zero-order valence-corrected chi connectivity index (χ0v) is 13.7. The molecule has 0 atom stereocenters. The van der Waals surface area contributed by atoms with Gasteiger partial charge in [0.05, 0.1) is 12.6 Å². The lowest BCUT2D eigenvalue weighted by atomic mass is 10.0. The summed E-state index contributed by atoms with van der Waals surface area (Å²) in [5.41, 5.74) is 0.900. The summed E-state index contributed by atoms with van der Waals surface area (Å²) in [7, 11) is -2.58. The van der Waals surface area contributed by atoms with Crippen LogP contribution >= 0.6 is 11.3 Å². The summed E-state index contributed by atoms with van der Waals surface area (Å²) in [6.07, 6.45) is 0. The number of thiazole rings is 1. The number of hydrogen-bond acceptors (Lipinski definition) is 6. The number of methoxy groups -OCH3 is 1. The lowest BCUT2D eigenvalue weighted by molar-refractivity contribution is 0.0590. The molecule has 0 saturated heterocycles. The van der Waals surface area contributed by atoms with Crippen LogP contribution in [0.5, 0.6) is 0 Å². The summed E-state index contributed by atoms with van der Waals surface area (Å²) in [6.45, 7) is 8.03. The number of nitrogens with one attached hydrogen (secondary N) is 1. The van der Waals surface area contributed by atoms with Crippen molar-refractivity contribution in [1.82, 2.24) is 9.71 Å². The first-order chi connectivity index (χ1) is 9.05. The van der Waals surface area contributed by atoms with Crippen molar-refractivity contribution in [3.63, 3.8) is 0 Å². The second-order valence-corrected chi connectivity index (χ2v) is 8.74. The Labute approximate surface area is 122 Å². The van der Waals surface area contributed by atoms with Crippen molar-refractivity contribution in [1.29, 1.82) is 0 Å². The molecule has 6 nitrogen and oxygen atoms in total. The van der Waals surface area contributed by atoms with Crippen molar-refractivity contribution in [2.45, 2.75) is 37.9 Å². The first-order valence-corrected chi connectivity index (χ1v) is 8.46. The van der Waals surface area contributed by atoms with Gasteiger partial charge in [0.25, 0.3) is 10.0 Å². The van der Waals surface area contributed by atoms with Crippen molar-refractivity contribution in [2.24, 2.45) is 10.8 Å². The van der Waals surface area contributed by atoms with Gasteiger partial charge >= 0.3 is 5.97 Å². The Morgan fingerprint density at radius 1 is 1.35 bits per heavy atom. The van der Waals surface area contributed by atoms with E-state index in [2.05, 4.69) is 14.4 Å². The maximum Gasteiger partial charge on any atom is 0.358 e. The Bertz CT molecular complexity index is 632. The molecule has 0 spiro atoms. The van der Waals surface area contributed by atoms with Crippen LogP contribution < -0.4 is 4.72 Å². The van der Waals surface area contributed by atoms with Gasteiger partial charge in [0.1, 0.15) is 0 Å². The third-order valence-electron chi connectivity index (χ3n) is 4.45. The normalized spacial score (nSPS) is 20.6. The van der Waals surface area contributed by atoms with Crippen LogP contribution in [0.2, 0.25) is 0 Å². The van der Waals surface area contributed by atoms with Crippen molar-refractivity contribution >= 4 is 27.3 Å². The minimum Gasteiger partial charge on any atom is -0.464 e. The summed E-state index contributed by atoms with van der Waals surface area (Å²) < 4.78 is 31.9.